The first-order valence-electron chi connectivity index (χ1n) is 7.60. The molecule has 126 valence electrons. The van der Waals surface area contributed by atoms with E-state index in [0.717, 1.165) is 32.7 Å². The van der Waals surface area contributed by atoms with Crippen molar-refractivity contribution in [1.82, 2.24) is 20.0 Å². The molecule has 0 spiro atoms. The lowest BCUT2D eigenvalue weighted by atomic mass is 10.2. The van der Waals surface area contributed by atoms with Crippen LogP contribution in [0, 0.1) is 5.92 Å². The standard InChI is InChI=1S/C15H30N4.2ClH/c1-5-18(6-2)9-7-8-16-10-15-11-17-19(13-15)12-14(3)4;;/h11,13-14,16H,5-10,12H2,1-4H3;2*1H. The molecule has 21 heavy (non-hydrogen) atoms. The van der Waals surface area contributed by atoms with Crippen LogP contribution in [0.1, 0.15) is 39.7 Å². The number of aromatic nitrogens is 2. The first-order chi connectivity index (χ1) is 9.15. The van der Waals surface area contributed by atoms with Crippen molar-refractivity contribution in [3.05, 3.63) is 18.0 Å². The van der Waals surface area contributed by atoms with Gasteiger partial charge in [0.05, 0.1) is 6.20 Å². The van der Waals surface area contributed by atoms with Crippen molar-refractivity contribution >= 4 is 24.8 Å². The van der Waals surface area contributed by atoms with Crippen molar-refractivity contribution in [2.45, 2.75) is 47.2 Å². The molecule has 6 heteroatoms. The molecule has 1 aromatic heterocycles. The molecule has 1 rings (SSSR count). The molecular weight excluding hydrogens is 307 g/mol. The predicted molar refractivity (Wildman–Crippen MR) is 95.7 cm³/mol. The van der Waals surface area contributed by atoms with Gasteiger partial charge in [-0.1, -0.05) is 27.7 Å². The normalized spacial score (nSPS) is 10.6. The van der Waals surface area contributed by atoms with Gasteiger partial charge < -0.3 is 10.2 Å². The molecule has 0 radical (unpaired) electrons. The van der Waals surface area contributed by atoms with Gasteiger partial charge in [-0.25, -0.2) is 0 Å². The highest BCUT2D eigenvalue weighted by atomic mass is 35.5. The Morgan fingerprint density at radius 2 is 1.90 bits per heavy atom. The summed E-state index contributed by atoms with van der Waals surface area (Å²) in [7, 11) is 0. The molecule has 0 aliphatic heterocycles. The van der Waals surface area contributed by atoms with Crippen LogP contribution in [0.25, 0.3) is 0 Å². The Bertz CT molecular complexity index is 338. The zero-order valence-corrected chi connectivity index (χ0v) is 15.5. The summed E-state index contributed by atoms with van der Waals surface area (Å²) in [5, 5.41) is 7.87. The number of hydrogen-bond donors (Lipinski definition) is 1. The highest BCUT2D eigenvalue weighted by Crippen LogP contribution is 2.01. The van der Waals surface area contributed by atoms with Crippen LogP contribution >= 0.6 is 24.8 Å². The number of nitrogens with one attached hydrogen (secondary N) is 1. The Kier molecular flexibility index (Phi) is 14.6. The van der Waals surface area contributed by atoms with Gasteiger partial charge in [-0.15, -0.1) is 24.8 Å². The van der Waals surface area contributed by atoms with Crippen LogP contribution in [0.2, 0.25) is 0 Å². The lowest BCUT2D eigenvalue weighted by Gasteiger charge is -2.17. The molecule has 1 heterocycles. The van der Waals surface area contributed by atoms with Gasteiger partial charge in [-0.3, -0.25) is 4.68 Å². The summed E-state index contributed by atoms with van der Waals surface area (Å²) < 4.78 is 2.04. The zero-order valence-electron chi connectivity index (χ0n) is 13.8. The van der Waals surface area contributed by atoms with E-state index in [1.54, 1.807) is 0 Å². The highest BCUT2D eigenvalue weighted by Gasteiger charge is 2.01. The van der Waals surface area contributed by atoms with Gasteiger partial charge in [0.1, 0.15) is 0 Å². The fourth-order valence-corrected chi connectivity index (χ4v) is 2.17. The first kappa shape index (κ1) is 23.0. The summed E-state index contributed by atoms with van der Waals surface area (Å²) in [6.45, 7) is 15.4. The Balaban J connectivity index is 0. The molecule has 0 saturated carbocycles. The highest BCUT2D eigenvalue weighted by molar-refractivity contribution is 5.85. The van der Waals surface area contributed by atoms with E-state index in [1.807, 2.05) is 10.9 Å². The molecule has 1 N–H and O–H groups in total. The summed E-state index contributed by atoms with van der Waals surface area (Å²) in [6.07, 6.45) is 5.33. The van der Waals surface area contributed by atoms with Crippen LogP contribution in [0.3, 0.4) is 0 Å². The minimum Gasteiger partial charge on any atom is -0.313 e. The largest absolute Gasteiger partial charge is 0.313 e. The van der Waals surface area contributed by atoms with Crippen molar-refractivity contribution in [3.63, 3.8) is 0 Å². The lowest BCUT2D eigenvalue weighted by Crippen LogP contribution is -2.27. The molecular formula is C15H32Cl2N4. The Morgan fingerprint density at radius 1 is 1.24 bits per heavy atom. The number of nitrogens with zero attached hydrogens (tertiary/aromatic N) is 3. The molecule has 0 bridgehead atoms. The summed E-state index contributed by atoms with van der Waals surface area (Å²) in [5.41, 5.74) is 1.28. The van der Waals surface area contributed by atoms with Crippen molar-refractivity contribution in [1.29, 1.82) is 0 Å². The maximum atomic E-state index is 4.38. The summed E-state index contributed by atoms with van der Waals surface area (Å²) >= 11 is 0. The van der Waals surface area contributed by atoms with Gasteiger partial charge in [0, 0.05) is 24.8 Å². The maximum Gasteiger partial charge on any atom is 0.0534 e. The predicted octanol–water partition coefficient (Wildman–Crippen LogP) is 3.20. The fourth-order valence-electron chi connectivity index (χ4n) is 2.17. The van der Waals surface area contributed by atoms with Gasteiger partial charge in [0.2, 0.25) is 0 Å². The van der Waals surface area contributed by atoms with Crippen molar-refractivity contribution in [3.8, 4) is 0 Å². The quantitative estimate of drug-likeness (QED) is 0.665. The van der Waals surface area contributed by atoms with Crippen LogP contribution in [-0.4, -0.2) is 40.9 Å². The Morgan fingerprint density at radius 3 is 2.48 bits per heavy atom. The summed E-state index contributed by atoms with van der Waals surface area (Å²) in [6, 6.07) is 0. The second kappa shape index (κ2) is 13.4. The van der Waals surface area contributed by atoms with E-state index >= 15 is 0 Å². The van der Waals surface area contributed by atoms with Crippen LogP contribution < -0.4 is 5.32 Å². The van der Waals surface area contributed by atoms with Gasteiger partial charge >= 0.3 is 0 Å². The maximum absolute atomic E-state index is 4.38. The second-order valence-electron chi connectivity index (χ2n) is 5.52. The van der Waals surface area contributed by atoms with E-state index in [1.165, 1.54) is 18.5 Å². The van der Waals surface area contributed by atoms with Crippen LogP contribution in [-0.2, 0) is 13.1 Å². The van der Waals surface area contributed by atoms with Gasteiger partial charge in [0.25, 0.3) is 0 Å². The van der Waals surface area contributed by atoms with Crippen molar-refractivity contribution in [2.75, 3.05) is 26.2 Å². The monoisotopic (exact) mass is 338 g/mol. The van der Waals surface area contributed by atoms with E-state index in [2.05, 4.69) is 49.2 Å². The van der Waals surface area contributed by atoms with Gasteiger partial charge in [-0.05, 0) is 38.5 Å². The number of hydrogen-bond acceptors (Lipinski definition) is 3. The molecule has 0 aliphatic rings. The topological polar surface area (TPSA) is 33.1 Å². The van der Waals surface area contributed by atoms with Crippen LogP contribution in [0.5, 0.6) is 0 Å². The summed E-state index contributed by atoms with van der Waals surface area (Å²) in [4.78, 5) is 2.46. The van der Waals surface area contributed by atoms with Crippen LogP contribution in [0.15, 0.2) is 12.4 Å². The molecule has 0 saturated heterocycles. The average Bonchev–Trinajstić information content (AvgIpc) is 2.80. The molecule has 0 aromatic carbocycles. The molecule has 0 unspecified atom stereocenters. The third-order valence-electron chi connectivity index (χ3n) is 3.29. The van der Waals surface area contributed by atoms with E-state index < -0.39 is 0 Å². The fraction of sp³-hybridized carbons (Fsp3) is 0.800. The molecule has 0 amide bonds. The Hall–Kier alpha value is -0.290. The molecule has 0 atom stereocenters. The van der Waals surface area contributed by atoms with E-state index in [-0.39, 0.29) is 24.8 Å². The minimum atomic E-state index is 0. The third-order valence-corrected chi connectivity index (χ3v) is 3.29. The van der Waals surface area contributed by atoms with Crippen molar-refractivity contribution < 1.29 is 0 Å². The minimum absolute atomic E-state index is 0. The Labute approximate surface area is 142 Å². The lowest BCUT2D eigenvalue weighted by molar-refractivity contribution is 0.298. The van der Waals surface area contributed by atoms with E-state index in [9.17, 15) is 0 Å². The van der Waals surface area contributed by atoms with Crippen molar-refractivity contribution in [2.24, 2.45) is 5.92 Å². The third kappa shape index (κ3) is 10.1. The molecule has 1 aromatic rings. The van der Waals surface area contributed by atoms with E-state index in [4.69, 9.17) is 0 Å². The first-order valence-corrected chi connectivity index (χ1v) is 7.60. The molecule has 0 fully saturated rings. The smallest absolute Gasteiger partial charge is 0.0534 e. The number of rotatable bonds is 10. The SMILES string of the molecule is CCN(CC)CCCNCc1cnn(CC(C)C)c1.Cl.Cl. The molecule has 4 nitrogen and oxygen atoms in total. The summed E-state index contributed by atoms with van der Waals surface area (Å²) in [5.74, 6) is 0.648. The average molecular weight is 339 g/mol. The molecule has 0 aliphatic carbocycles. The number of halogens is 2. The van der Waals surface area contributed by atoms with Gasteiger partial charge in [-0.2, -0.15) is 5.10 Å². The second-order valence-corrected chi connectivity index (χ2v) is 5.52. The van der Waals surface area contributed by atoms with E-state index in [0.29, 0.717) is 5.92 Å². The zero-order chi connectivity index (χ0) is 14.1. The van der Waals surface area contributed by atoms with Crippen LogP contribution in [0.4, 0.5) is 0 Å². The van der Waals surface area contributed by atoms with Gasteiger partial charge in [0.15, 0.2) is 0 Å².